The van der Waals surface area contributed by atoms with Gasteiger partial charge in [0.1, 0.15) is 0 Å². The van der Waals surface area contributed by atoms with Crippen molar-refractivity contribution in [1.29, 1.82) is 0 Å². The van der Waals surface area contributed by atoms with Crippen molar-refractivity contribution >= 4 is 40.4 Å². The van der Waals surface area contributed by atoms with E-state index < -0.39 is 0 Å². The Morgan fingerprint density at radius 1 is 1.04 bits per heavy atom. The number of carbonyl (C=O) groups is 1. The normalized spacial score (nSPS) is 13.1. The van der Waals surface area contributed by atoms with Crippen LogP contribution < -0.4 is 5.32 Å². The molecule has 146 valence electrons. The Labute approximate surface area is 179 Å². The summed E-state index contributed by atoms with van der Waals surface area (Å²) < 4.78 is 0. The Bertz CT molecular complexity index is 922. The zero-order valence-corrected chi connectivity index (χ0v) is 18.1. The molecule has 1 aromatic heterocycles. The van der Waals surface area contributed by atoms with E-state index in [1.54, 1.807) is 11.3 Å². The zero-order chi connectivity index (χ0) is 20.1. The number of rotatable bonds is 7. The van der Waals surface area contributed by atoms with Crippen molar-refractivity contribution in [2.75, 3.05) is 6.54 Å². The van der Waals surface area contributed by atoms with Crippen molar-refractivity contribution in [1.82, 2.24) is 10.3 Å². The monoisotopic (exact) mass is 432 g/mol. The van der Waals surface area contributed by atoms with Crippen LogP contribution in [0.5, 0.6) is 0 Å². The van der Waals surface area contributed by atoms with Gasteiger partial charge >= 0.3 is 0 Å². The maximum atomic E-state index is 12.4. The van der Waals surface area contributed by atoms with Crippen LogP contribution in [0.15, 0.2) is 53.9 Å². The zero-order valence-electron chi connectivity index (χ0n) is 15.8. The van der Waals surface area contributed by atoms with E-state index in [0.29, 0.717) is 23.0 Å². The molecule has 0 radical (unpaired) electrons. The number of aryl methyl sites for hydroxylation is 1. The van der Waals surface area contributed by atoms with Crippen LogP contribution in [0, 0.1) is 6.92 Å². The standard InChI is InChI=1S/C22H22Cl2N2OS/c1-14(16-3-7-18(23)8-4-16)21(17-5-9-19(24)10-6-17)12-25-22(27)11-20-13-28-15(2)26-20/h3-10,13-14,21H,11-12H2,1-2H3,(H,25,27). The third-order valence-electron chi connectivity index (χ3n) is 4.82. The molecule has 1 heterocycles. The highest BCUT2D eigenvalue weighted by Crippen LogP contribution is 2.33. The van der Waals surface area contributed by atoms with Crippen LogP contribution in [0.2, 0.25) is 10.0 Å². The molecular formula is C22H22Cl2N2OS. The van der Waals surface area contributed by atoms with E-state index in [-0.39, 0.29) is 17.7 Å². The summed E-state index contributed by atoms with van der Waals surface area (Å²) in [6.07, 6.45) is 0.299. The van der Waals surface area contributed by atoms with Gasteiger partial charge in [0.15, 0.2) is 0 Å². The first-order valence-corrected chi connectivity index (χ1v) is 10.7. The van der Waals surface area contributed by atoms with Gasteiger partial charge in [0, 0.05) is 27.9 Å². The van der Waals surface area contributed by atoms with Crippen molar-refractivity contribution < 1.29 is 4.79 Å². The number of hydrogen-bond acceptors (Lipinski definition) is 3. The lowest BCUT2D eigenvalue weighted by atomic mass is 9.82. The molecule has 0 bridgehead atoms. The Morgan fingerprint density at radius 2 is 1.61 bits per heavy atom. The van der Waals surface area contributed by atoms with Gasteiger partial charge in [-0.25, -0.2) is 4.98 Å². The summed E-state index contributed by atoms with van der Waals surface area (Å²) in [5.41, 5.74) is 3.12. The maximum absolute atomic E-state index is 12.4. The van der Waals surface area contributed by atoms with Gasteiger partial charge in [0.05, 0.1) is 17.1 Å². The first kappa shape index (κ1) is 20.8. The lowest BCUT2D eigenvalue weighted by Gasteiger charge is -2.25. The number of hydrogen-bond donors (Lipinski definition) is 1. The van der Waals surface area contributed by atoms with Crippen molar-refractivity contribution in [3.8, 4) is 0 Å². The molecule has 6 heteroatoms. The van der Waals surface area contributed by atoms with Gasteiger partial charge in [-0.05, 0) is 48.2 Å². The van der Waals surface area contributed by atoms with E-state index in [1.807, 2.05) is 60.8 Å². The third kappa shape index (κ3) is 5.57. The molecule has 0 saturated carbocycles. The average molecular weight is 433 g/mol. The lowest BCUT2D eigenvalue weighted by molar-refractivity contribution is -0.120. The highest BCUT2D eigenvalue weighted by molar-refractivity contribution is 7.09. The van der Waals surface area contributed by atoms with Crippen LogP contribution in [0.25, 0.3) is 0 Å². The summed E-state index contributed by atoms with van der Waals surface area (Å²) in [6.45, 7) is 4.64. The minimum atomic E-state index is -0.0208. The van der Waals surface area contributed by atoms with Gasteiger partial charge in [-0.2, -0.15) is 0 Å². The summed E-state index contributed by atoms with van der Waals surface area (Å²) in [5.74, 6) is 0.285. The molecule has 3 aromatic rings. The Kier molecular flexibility index (Phi) is 7.11. The molecular weight excluding hydrogens is 411 g/mol. The van der Waals surface area contributed by atoms with Gasteiger partial charge in [-0.15, -0.1) is 11.3 Å². The van der Waals surface area contributed by atoms with Gasteiger partial charge in [-0.1, -0.05) is 54.4 Å². The lowest BCUT2D eigenvalue weighted by Crippen LogP contribution is -2.31. The number of benzene rings is 2. The highest BCUT2D eigenvalue weighted by Gasteiger charge is 2.22. The summed E-state index contributed by atoms with van der Waals surface area (Å²) >= 11 is 13.7. The summed E-state index contributed by atoms with van der Waals surface area (Å²) in [7, 11) is 0. The van der Waals surface area contributed by atoms with Gasteiger partial charge in [-0.3, -0.25) is 4.79 Å². The quantitative estimate of drug-likeness (QED) is 0.496. The molecule has 2 atom stereocenters. The van der Waals surface area contributed by atoms with Crippen molar-refractivity contribution in [3.63, 3.8) is 0 Å². The van der Waals surface area contributed by atoms with E-state index in [1.165, 1.54) is 5.56 Å². The van der Waals surface area contributed by atoms with Crippen molar-refractivity contribution in [2.45, 2.75) is 32.1 Å². The number of thiazole rings is 1. The van der Waals surface area contributed by atoms with Crippen LogP contribution in [-0.2, 0) is 11.2 Å². The average Bonchev–Trinajstić information content (AvgIpc) is 3.08. The van der Waals surface area contributed by atoms with E-state index >= 15 is 0 Å². The fourth-order valence-electron chi connectivity index (χ4n) is 3.23. The summed E-state index contributed by atoms with van der Waals surface area (Å²) in [5, 5.41) is 7.40. The summed E-state index contributed by atoms with van der Waals surface area (Å²) in [4.78, 5) is 16.8. The molecule has 0 fully saturated rings. The minimum Gasteiger partial charge on any atom is -0.355 e. The number of carbonyl (C=O) groups excluding carboxylic acids is 1. The van der Waals surface area contributed by atoms with Crippen LogP contribution in [-0.4, -0.2) is 17.4 Å². The number of nitrogens with one attached hydrogen (secondary N) is 1. The van der Waals surface area contributed by atoms with Crippen LogP contribution in [0.4, 0.5) is 0 Å². The fraction of sp³-hybridized carbons (Fsp3) is 0.273. The highest BCUT2D eigenvalue weighted by atomic mass is 35.5. The number of halogens is 2. The fourth-order valence-corrected chi connectivity index (χ4v) is 4.10. The second kappa shape index (κ2) is 9.55. The topological polar surface area (TPSA) is 42.0 Å². The second-order valence-electron chi connectivity index (χ2n) is 6.84. The Hall–Kier alpha value is -1.88. The molecule has 28 heavy (non-hydrogen) atoms. The maximum Gasteiger partial charge on any atom is 0.226 e. The second-order valence-corrected chi connectivity index (χ2v) is 8.77. The van der Waals surface area contributed by atoms with Gasteiger partial charge in [0.25, 0.3) is 0 Å². The molecule has 0 aliphatic carbocycles. The van der Waals surface area contributed by atoms with E-state index in [0.717, 1.165) is 16.3 Å². The van der Waals surface area contributed by atoms with Crippen LogP contribution in [0.1, 0.15) is 40.6 Å². The number of nitrogens with zero attached hydrogens (tertiary/aromatic N) is 1. The van der Waals surface area contributed by atoms with Gasteiger partial charge in [0.2, 0.25) is 5.91 Å². The molecule has 0 spiro atoms. The molecule has 3 nitrogen and oxygen atoms in total. The molecule has 0 aliphatic heterocycles. The third-order valence-corrected chi connectivity index (χ3v) is 6.15. The van der Waals surface area contributed by atoms with Gasteiger partial charge < -0.3 is 5.32 Å². The van der Waals surface area contributed by atoms with Crippen molar-refractivity contribution in [3.05, 3.63) is 85.8 Å². The molecule has 2 aromatic carbocycles. The molecule has 2 unspecified atom stereocenters. The number of amides is 1. The predicted octanol–water partition coefficient (Wildman–Crippen LogP) is 6.00. The van der Waals surface area contributed by atoms with Crippen LogP contribution in [0.3, 0.4) is 0 Å². The van der Waals surface area contributed by atoms with Crippen LogP contribution >= 0.6 is 34.5 Å². The van der Waals surface area contributed by atoms with E-state index in [2.05, 4.69) is 17.2 Å². The SMILES string of the molecule is Cc1nc(CC(=O)NCC(c2ccc(Cl)cc2)C(C)c2ccc(Cl)cc2)cs1. The smallest absolute Gasteiger partial charge is 0.226 e. The van der Waals surface area contributed by atoms with E-state index in [9.17, 15) is 4.79 Å². The minimum absolute atomic E-state index is 0.0208. The largest absolute Gasteiger partial charge is 0.355 e. The number of aromatic nitrogens is 1. The summed E-state index contributed by atoms with van der Waals surface area (Å²) in [6, 6.07) is 15.7. The predicted molar refractivity (Wildman–Crippen MR) is 118 cm³/mol. The molecule has 1 N–H and O–H groups in total. The van der Waals surface area contributed by atoms with Crippen molar-refractivity contribution in [2.24, 2.45) is 0 Å². The molecule has 1 amide bonds. The van der Waals surface area contributed by atoms with E-state index in [4.69, 9.17) is 23.2 Å². The molecule has 0 aliphatic rings. The molecule has 0 saturated heterocycles. The molecule has 3 rings (SSSR count). The Balaban J connectivity index is 1.74. The first-order chi connectivity index (χ1) is 13.4. The Morgan fingerprint density at radius 3 is 2.14 bits per heavy atom. The first-order valence-electron chi connectivity index (χ1n) is 9.11.